The second-order valence-electron chi connectivity index (χ2n) is 4.69. The van der Waals surface area contributed by atoms with Crippen molar-refractivity contribution in [1.82, 2.24) is 5.32 Å². The van der Waals surface area contributed by atoms with Crippen LogP contribution in [-0.4, -0.2) is 42.8 Å². The fourth-order valence-corrected chi connectivity index (χ4v) is 2.03. The predicted octanol–water partition coefficient (Wildman–Crippen LogP) is 0.810. The SMILES string of the molecule is O=C(CCOc1ccccc1F)NC1COCC1C(=O)O. The Balaban J connectivity index is 1.75. The van der Waals surface area contributed by atoms with Gasteiger partial charge in [-0.25, -0.2) is 4.39 Å². The summed E-state index contributed by atoms with van der Waals surface area (Å²) in [6.45, 7) is 0.279. The quantitative estimate of drug-likeness (QED) is 0.811. The number of carboxylic acid groups (broad SMARTS) is 1. The second-order valence-corrected chi connectivity index (χ2v) is 4.69. The molecule has 1 amide bonds. The second kappa shape index (κ2) is 7.03. The van der Waals surface area contributed by atoms with Crippen LogP contribution in [0.4, 0.5) is 4.39 Å². The molecule has 2 N–H and O–H groups in total. The number of halogens is 1. The van der Waals surface area contributed by atoms with Gasteiger partial charge in [-0.2, -0.15) is 0 Å². The molecule has 1 aromatic rings. The van der Waals surface area contributed by atoms with Crippen LogP contribution in [0.25, 0.3) is 0 Å². The van der Waals surface area contributed by atoms with E-state index >= 15 is 0 Å². The summed E-state index contributed by atoms with van der Waals surface area (Å²) >= 11 is 0. The van der Waals surface area contributed by atoms with E-state index in [0.29, 0.717) is 0 Å². The summed E-state index contributed by atoms with van der Waals surface area (Å²) < 4.78 is 23.5. The van der Waals surface area contributed by atoms with Gasteiger partial charge in [0, 0.05) is 0 Å². The lowest BCUT2D eigenvalue weighted by atomic mass is 10.0. The van der Waals surface area contributed by atoms with Gasteiger partial charge in [-0.1, -0.05) is 12.1 Å². The van der Waals surface area contributed by atoms with Gasteiger partial charge in [0.2, 0.25) is 5.91 Å². The molecule has 0 aliphatic carbocycles. The van der Waals surface area contributed by atoms with Crippen LogP contribution in [0.15, 0.2) is 24.3 Å². The number of hydrogen-bond acceptors (Lipinski definition) is 4. The maximum Gasteiger partial charge on any atom is 0.311 e. The highest BCUT2D eigenvalue weighted by Crippen LogP contribution is 2.16. The highest BCUT2D eigenvalue weighted by Gasteiger charge is 2.34. The Morgan fingerprint density at radius 3 is 2.86 bits per heavy atom. The van der Waals surface area contributed by atoms with Crippen molar-refractivity contribution >= 4 is 11.9 Å². The zero-order chi connectivity index (χ0) is 15.2. The van der Waals surface area contributed by atoms with E-state index in [1.165, 1.54) is 12.1 Å². The lowest BCUT2D eigenvalue weighted by molar-refractivity contribution is -0.142. The number of rotatable bonds is 6. The van der Waals surface area contributed by atoms with Gasteiger partial charge in [-0.15, -0.1) is 0 Å². The highest BCUT2D eigenvalue weighted by molar-refractivity contribution is 5.78. The van der Waals surface area contributed by atoms with E-state index in [9.17, 15) is 14.0 Å². The number of carbonyl (C=O) groups excluding carboxylic acids is 1. The molecule has 6 nitrogen and oxygen atoms in total. The molecule has 1 aliphatic rings. The van der Waals surface area contributed by atoms with Gasteiger partial charge in [0.15, 0.2) is 11.6 Å². The summed E-state index contributed by atoms with van der Waals surface area (Å²) in [7, 11) is 0. The zero-order valence-electron chi connectivity index (χ0n) is 11.3. The van der Waals surface area contributed by atoms with Crippen LogP contribution in [0.3, 0.4) is 0 Å². The van der Waals surface area contributed by atoms with Crippen LogP contribution >= 0.6 is 0 Å². The molecule has 21 heavy (non-hydrogen) atoms. The summed E-state index contributed by atoms with van der Waals surface area (Å²) in [5, 5.41) is 11.5. The molecular formula is C14H16FNO5. The normalized spacial score (nSPS) is 21.0. The molecule has 1 aliphatic heterocycles. The fourth-order valence-electron chi connectivity index (χ4n) is 2.03. The topological polar surface area (TPSA) is 84.9 Å². The maximum atomic E-state index is 13.3. The van der Waals surface area contributed by atoms with Gasteiger partial charge in [0.1, 0.15) is 5.92 Å². The third-order valence-corrected chi connectivity index (χ3v) is 3.17. The maximum absolute atomic E-state index is 13.3. The van der Waals surface area contributed by atoms with E-state index in [2.05, 4.69) is 5.32 Å². The minimum atomic E-state index is -1.000. The summed E-state index contributed by atoms with van der Waals surface area (Å²) in [5.74, 6) is -2.50. The molecule has 0 aromatic heterocycles. The Morgan fingerprint density at radius 2 is 2.14 bits per heavy atom. The number of benzene rings is 1. The van der Waals surface area contributed by atoms with Crippen LogP contribution in [-0.2, 0) is 14.3 Å². The van der Waals surface area contributed by atoms with E-state index in [1.807, 2.05) is 0 Å². The zero-order valence-corrected chi connectivity index (χ0v) is 11.3. The molecule has 1 aromatic carbocycles. The molecule has 1 fully saturated rings. The molecule has 2 rings (SSSR count). The number of amides is 1. The molecule has 2 atom stereocenters. The molecular weight excluding hydrogens is 281 g/mol. The third kappa shape index (κ3) is 4.16. The highest BCUT2D eigenvalue weighted by atomic mass is 19.1. The van der Waals surface area contributed by atoms with Gasteiger partial charge in [0.05, 0.1) is 32.3 Å². The first-order valence-electron chi connectivity index (χ1n) is 6.55. The average molecular weight is 297 g/mol. The smallest absolute Gasteiger partial charge is 0.311 e. The Labute approximate surface area is 120 Å². The largest absolute Gasteiger partial charge is 0.490 e. The minimum Gasteiger partial charge on any atom is -0.490 e. The summed E-state index contributed by atoms with van der Waals surface area (Å²) in [4.78, 5) is 22.6. The molecule has 0 saturated carbocycles. The predicted molar refractivity (Wildman–Crippen MR) is 70.4 cm³/mol. The van der Waals surface area contributed by atoms with Crippen molar-refractivity contribution in [3.8, 4) is 5.75 Å². The van der Waals surface area contributed by atoms with E-state index in [0.717, 1.165) is 0 Å². The lowest BCUT2D eigenvalue weighted by Crippen LogP contribution is -2.43. The van der Waals surface area contributed by atoms with Gasteiger partial charge in [-0.05, 0) is 12.1 Å². The Morgan fingerprint density at radius 1 is 1.38 bits per heavy atom. The first kappa shape index (κ1) is 15.2. The summed E-state index contributed by atoms with van der Waals surface area (Å²) in [5.41, 5.74) is 0. The molecule has 114 valence electrons. The van der Waals surface area contributed by atoms with Gasteiger partial charge in [0.25, 0.3) is 0 Å². The van der Waals surface area contributed by atoms with Crippen molar-refractivity contribution in [3.63, 3.8) is 0 Å². The molecule has 1 heterocycles. The molecule has 2 unspecified atom stereocenters. The molecule has 7 heteroatoms. The third-order valence-electron chi connectivity index (χ3n) is 3.17. The van der Waals surface area contributed by atoms with Gasteiger partial charge >= 0.3 is 5.97 Å². The van der Waals surface area contributed by atoms with Crippen LogP contribution < -0.4 is 10.1 Å². The number of hydrogen-bond donors (Lipinski definition) is 2. The molecule has 0 spiro atoms. The lowest BCUT2D eigenvalue weighted by Gasteiger charge is -2.15. The Hall–Kier alpha value is -2.15. The monoisotopic (exact) mass is 297 g/mol. The van der Waals surface area contributed by atoms with Gasteiger partial charge in [-0.3, -0.25) is 9.59 Å². The van der Waals surface area contributed by atoms with Crippen molar-refractivity contribution < 1.29 is 28.6 Å². The number of aliphatic carboxylic acids is 1. The number of para-hydroxylation sites is 1. The summed E-state index contributed by atoms with van der Waals surface area (Å²) in [6, 6.07) is 5.37. The Bertz CT molecular complexity index is 522. The summed E-state index contributed by atoms with van der Waals surface area (Å²) in [6.07, 6.45) is 0.0111. The molecule has 0 radical (unpaired) electrons. The van der Waals surface area contributed by atoms with Crippen LogP contribution in [0, 0.1) is 11.7 Å². The molecule has 1 saturated heterocycles. The van der Waals surface area contributed by atoms with Crippen LogP contribution in [0.1, 0.15) is 6.42 Å². The first-order chi connectivity index (χ1) is 10.1. The first-order valence-corrected chi connectivity index (χ1v) is 6.55. The number of ether oxygens (including phenoxy) is 2. The van der Waals surface area contributed by atoms with Crippen molar-refractivity contribution in [2.45, 2.75) is 12.5 Å². The fraction of sp³-hybridized carbons (Fsp3) is 0.429. The van der Waals surface area contributed by atoms with Crippen molar-refractivity contribution in [3.05, 3.63) is 30.1 Å². The number of nitrogens with one attached hydrogen (secondary N) is 1. The van der Waals surface area contributed by atoms with Crippen molar-refractivity contribution in [1.29, 1.82) is 0 Å². The minimum absolute atomic E-state index is 0.0111. The van der Waals surface area contributed by atoms with E-state index in [-0.39, 0.29) is 37.9 Å². The van der Waals surface area contributed by atoms with E-state index in [4.69, 9.17) is 14.6 Å². The number of carboxylic acids is 1. The average Bonchev–Trinajstić information content (AvgIpc) is 2.89. The van der Waals surface area contributed by atoms with E-state index < -0.39 is 23.7 Å². The van der Waals surface area contributed by atoms with Crippen LogP contribution in [0.2, 0.25) is 0 Å². The van der Waals surface area contributed by atoms with Crippen molar-refractivity contribution in [2.75, 3.05) is 19.8 Å². The molecule has 0 bridgehead atoms. The standard InChI is InChI=1S/C14H16FNO5/c15-10-3-1-2-4-12(10)21-6-5-13(17)16-11-8-20-7-9(11)14(18)19/h1-4,9,11H,5-8H2,(H,16,17)(H,18,19). The number of carbonyl (C=O) groups is 2. The van der Waals surface area contributed by atoms with Crippen molar-refractivity contribution in [2.24, 2.45) is 5.92 Å². The van der Waals surface area contributed by atoms with E-state index in [1.54, 1.807) is 12.1 Å². The van der Waals surface area contributed by atoms with Gasteiger partial charge < -0.3 is 19.9 Å². The van der Waals surface area contributed by atoms with Crippen LogP contribution in [0.5, 0.6) is 5.75 Å². The Kier molecular flexibility index (Phi) is 5.10.